The third-order valence-corrected chi connectivity index (χ3v) is 6.77. The van der Waals surface area contributed by atoms with E-state index in [0.717, 1.165) is 51.6 Å². The zero-order chi connectivity index (χ0) is 20.7. The van der Waals surface area contributed by atoms with Gasteiger partial charge in [-0.1, -0.05) is 59.8 Å². The number of carbonyl (C=O) groups is 1. The number of rotatable bonds is 4. The summed E-state index contributed by atoms with van der Waals surface area (Å²) in [6.45, 7) is 2.08. The molecule has 2 aliphatic rings. The van der Waals surface area contributed by atoms with Crippen molar-refractivity contribution in [2.45, 2.75) is 43.1 Å². The van der Waals surface area contributed by atoms with Gasteiger partial charge in [0.2, 0.25) is 11.1 Å². The van der Waals surface area contributed by atoms with Crippen LogP contribution in [0, 0.1) is 6.92 Å². The predicted octanol–water partition coefficient (Wildman–Crippen LogP) is 5.55. The van der Waals surface area contributed by atoms with Crippen molar-refractivity contribution in [2.24, 2.45) is 0 Å². The number of nitrogens with zero attached hydrogens (tertiary/aromatic N) is 3. The number of hydrogen-bond donors (Lipinski definition) is 1. The second-order valence-electron chi connectivity index (χ2n) is 7.63. The molecular weight excluding hydrogens is 416 g/mol. The van der Waals surface area contributed by atoms with E-state index in [1.54, 1.807) is 11.8 Å². The van der Waals surface area contributed by atoms with Gasteiger partial charge in [-0.15, -0.1) is 5.10 Å². The molecule has 2 aromatic carbocycles. The van der Waals surface area contributed by atoms with Crippen molar-refractivity contribution < 1.29 is 4.79 Å². The predicted molar refractivity (Wildman–Crippen MR) is 120 cm³/mol. The van der Waals surface area contributed by atoms with Gasteiger partial charge in [0.1, 0.15) is 6.04 Å². The van der Waals surface area contributed by atoms with Crippen LogP contribution in [0.15, 0.2) is 65.0 Å². The first-order chi connectivity index (χ1) is 14.6. The number of aryl methyl sites for hydroxylation is 1. The van der Waals surface area contributed by atoms with E-state index in [1.807, 2.05) is 41.1 Å². The molecule has 0 saturated carbocycles. The maximum Gasteiger partial charge on any atom is 0.227 e. The van der Waals surface area contributed by atoms with Gasteiger partial charge < -0.3 is 5.32 Å². The highest BCUT2D eigenvalue weighted by Gasteiger charge is 2.37. The van der Waals surface area contributed by atoms with E-state index in [0.29, 0.717) is 17.5 Å². The van der Waals surface area contributed by atoms with Gasteiger partial charge in [-0.3, -0.25) is 4.79 Å². The fourth-order valence-corrected chi connectivity index (χ4v) is 5.02. The molecule has 1 unspecified atom stereocenters. The largest absolute Gasteiger partial charge is 0.328 e. The Hall–Kier alpha value is -2.57. The zero-order valence-electron chi connectivity index (χ0n) is 16.6. The molecular formula is C23H21ClN4OS. The maximum absolute atomic E-state index is 12.9. The number of nitrogens with one attached hydrogen (secondary N) is 1. The van der Waals surface area contributed by atoms with Gasteiger partial charge in [0.05, 0.1) is 0 Å². The van der Waals surface area contributed by atoms with Crippen LogP contribution >= 0.6 is 23.4 Å². The molecule has 0 fully saturated rings. The summed E-state index contributed by atoms with van der Waals surface area (Å²) >= 11 is 7.56. The minimum Gasteiger partial charge on any atom is -0.328 e. The van der Waals surface area contributed by atoms with E-state index in [-0.39, 0.29) is 11.8 Å². The molecule has 0 saturated heterocycles. The van der Waals surface area contributed by atoms with Crippen LogP contribution in [0.3, 0.4) is 0 Å². The number of ketones is 1. The summed E-state index contributed by atoms with van der Waals surface area (Å²) in [5.74, 6) is 1.66. The lowest BCUT2D eigenvalue weighted by molar-refractivity contribution is -0.116. The Labute approximate surface area is 184 Å². The van der Waals surface area contributed by atoms with Crippen LogP contribution < -0.4 is 5.32 Å². The lowest BCUT2D eigenvalue weighted by Crippen LogP contribution is -2.31. The second-order valence-corrected chi connectivity index (χ2v) is 9.01. The summed E-state index contributed by atoms with van der Waals surface area (Å²) in [7, 11) is 0. The third-order valence-electron chi connectivity index (χ3n) is 5.61. The van der Waals surface area contributed by atoms with Crippen LogP contribution in [0.2, 0.25) is 5.02 Å². The van der Waals surface area contributed by atoms with Crippen molar-refractivity contribution in [1.82, 2.24) is 14.8 Å². The minimum atomic E-state index is -0.234. The zero-order valence-corrected chi connectivity index (χ0v) is 18.1. The van der Waals surface area contributed by atoms with Gasteiger partial charge in [-0.05, 0) is 48.6 Å². The Kier molecular flexibility index (Phi) is 5.13. The highest BCUT2D eigenvalue weighted by Crippen LogP contribution is 2.41. The van der Waals surface area contributed by atoms with Crippen molar-refractivity contribution >= 4 is 35.1 Å². The topological polar surface area (TPSA) is 59.8 Å². The summed E-state index contributed by atoms with van der Waals surface area (Å²) in [4.78, 5) is 17.6. The molecule has 7 heteroatoms. The van der Waals surface area contributed by atoms with Crippen LogP contribution in [-0.2, 0) is 10.5 Å². The normalized spacial score (nSPS) is 18.1. The molecule has 1 aliphatic heterocycles. The molecule has 1 atom stereocenters. The van der Waals surface area contributed by atoms with Crippen molar-refractivity contribution in [1.29, 1.82) is 0 Å². The standard InChI is InChI=1S/C23H21ClN4OS/c1-14-5-2-3-6-17(14)21-20-18(7-4-8-19(20)29)25-22-26-23(27-28(21)22)30-13-15-9-11-16(24)12-10-15/h2-3,5-6,9-12,21H,4,7-8,13H2,1H3,(H,25,26,27). The van der Waals surface area contributed by atoms with Crippen molar-refractivity contribution in [3.63, 3.8) is 0 Å². The average Bonchev–Trinajstić information content (AvgIpc) is 3.15. The molecule has 30 heavy (non-hydrogen) atoms. The molecule has 0 amide bonds. The molecule has 0 radical (unpaired) electrons. The molecule has 152 valence electrons. The van der Waals surface area contributed by atoms with Crippen molar-refractivity contribution in [2.75, 3.05) is 5.32 Å². The van der Waals surface area contributed by atoms with Gasteiger partial charge >= 0.3 is 0 Å². The first-order valence-corrected chi connectivity index (χ1v) is 11.4. The van der Waals surface area contributed by atoms with Gasteiger partial charge in [0.25, 0.3) is 0 Å². The number of anilines is 1. The highest BCUT2D eigenvalue weighted by atomic mass is 35.5. The highest BCUT2D eigenvalue weighted by molar-refractivity contribution is 7.98. The Bertz CT molecular complexity index is 1150. The molecule has 0 spiro atoms. The third kappa shape index (κ3) is 3.55. The van der Waals surface area contributed by atoms with E-state index in [9.17, 15) is 4.79 Å². The molecule has 1 aliphatic carbocycles. The quantitative estimate of drug-likeness (QED) is 0.543. The lowest BCUT2D eigenvalue weighted by Gasteiger charge is -2.32. The number of aromatic nitrogens is 3. The molecule has 1 aromatic heterocycles. The number of halogens is 1. The molecule has 0 bridgehead atoms. The van der Waals surface area contributed by atoms with Crippen LogP contribution in [0.4, 0.5) is 5.95 Å². The SMILES string of the molecule is Cc1ccccc1C1C2=C(CCCC2=O)Nc2nc(SCc3ccc(Cl)cc3)nn21. The number of Topliss-reactive ketones (excluding diaryl/α,β-unsaturated/α-hetero) is 1. The van der Waals surface area contributed by atoms with Crippen LogP contribution in [0.25, 0.3) is 0 Å². The van der Waals surface area contributed by atoms with Crippen molar-refractivity contribution in [3.8, 4) is 0 Å². The minimum absolute atomic E-state index is 0.202. The molecule has 2 heterocycles. The summed E-state index contributed by atoms with van der Waals surface area (Å²) in [5.41, 5.74) is 5.23. The van der Waals surface area contributed by atoms with Crippen molar-refractivity contribution in [3.05, 3.63) is 81.5 Å². The van der Waals surface area contributed by atoms with Gasteiger partial charge in [-0.2, -0.15) is 4.98 Å². The molecule has 5 nitrogen and oxygen atoms in total. The van der Waals surface area contributed by atoms with E-state index >= 15 is 0 Å². The Morgan fingerprint density at radius 1 is 1.17 bits per heavy atom. The number of allylic oxidation sites excluding steroid dienone is 2. The van der Waals surface area contributed by atoms with E-state index in [4.69, 9.17) is 21.7 Å². The van der Waals surface area contributed by atoms with Gasteiger partial charge in [-0.25, -0.2) is 4.68 Å². The lowest BCUT2D eigenvalue weighted by atomic mass is 9.84. The van der Waals surface area contributed by atoms with E-state index < -0.39 is 0 Å². The molecule has 1 N–H and O–H groups in total. The number of thioether (sulfide) groups is 1. The summed E-state index contributed by atoms with van der Waals surface area (Å²) in [6, 6.07) is 15.8. The summed E-state index contributed by atoms with van der Waals surface area (Å²) in [5, 5.41) is 9.61. The molecule has 5 rings (SSSR count). The van der Waals surface area contributed by atoms with Crippen LogP contribution in [0.5, 0.6) is 0 Å². The van der Waals surface area contributed by atoms with Crippen LogP contribution in [-0.4, -0.2) is 20.5 Å². The Morgan fingerprint density at radius 3 is 2.77 bits per heavy atom. The number of benzene rings is 2. The van der Waals surface area contributed by atoms with E-state index in [2.05, 4.69) is 24.4 Å². The fraction of sp³-hybridized carbons (Fsp3) is 0.261. The van der Waals surface area contributed by atoms with Gasteiger partial charge in [0.15, 0.2) is 5.78 Å². The first kappa shape index (κ1) is 19.4. The number of carbonyl (C=O) groups excluding carboxylic acids is 1. The smallest absolute Gasteiger partial charge is 0.227 e. The van der Waals surface area contributed by atoms with E-state index in [1.165, 1.54) is 0 Å². The van der Waals surface area contributed by atoms with Crippen LogP contribution in [0.1, 0.15) is 42.0 Å². The second kappa shape index (κ2) is 7.93. The fourth-order valence-electron chi connectivity index (χ4n) is 4.11. The summed E-state index contributed by atoms with van der Waals surface area (Å²) < 4.78 is 1.88. The van der Waals surface area contributed by atoms with Gasteiger partial charge in [0, 0.05) is 28.5 Å². The monoisotopic (exact) mass is 436 g/mol. The Balaban J connectivity index is 1.51. The summed E-state index contributed by atoms with van der Waals surface area (Å²) in [6.07, 6.45) is 2.33. The first-order valence-electron chi connectivity index (χ1n) is 10.0. The maximum atomic E-state index is 12.9. The number of hydrogen-bond acceptors (Lipinski definition) is 5. The average molecular weight is 437 g/mol. The Morgan fingerprint density at radius 2 is 1.97 bits per heavy atom. The molecule has 3 aromatic rings. The number of fused-ring (bicyclic) bond motifs is 1.